The van der Waals surface area contributed by atoms with Crippen LogP contribution in [0, 0.1) is 6.92 Å². The second kappa shape index (κ2) is 7.64. The van der Waals surface area contributed by atoms with Crippen molar-refractivity contribution >= 4 is 6.03 Å². The van der Waals surface area contributed by atoms with Gasteiger partial charge in [-0.25, -0.2) is 4.79 Å². The topological polar surface area (TPSA) is 59.0 Å². The molecule has 0 radical (unpaired) electrons. The van der Waals surface area contributed by atoms with E-state index in [-0.39, 0.29) is 12.1 Å². The number of hydrogen-bond donors (Lipinski definition) is 2. The highest BCUT2D eigenvalue weighted by Crippen LogP contribution is 2.06. The zero-order valence-electron chi connectivity index (χ0n) is 13.5. The maximum absolute atomic E-state index is 11.9. The van der Waals surface area contributed by atoms with Crippen LogP contribution >= 0.6 is 0 Å². The van der Waals surface area contributed by atoms with E-state index in [1.807, 2.05) is 45.3 Å². The molecule has 1 unspecified atom stereocenters. The van der Waals surface area contributed by atoms with E-state index in [9.17, 15) is 4.79 Å². The van der Waals surface area contributed by atoms with Crippen LogP contribution in [0.2, 0.25) is 0 Å². The molecular weight excluding hydrogens is 276 g/mol. The molecule has 0 aliphatic rings. The Morgan fingerprint density at radius 1 is 1.36 bits per heavy atom. The summed E-state index contributed by atoms with van der Waals surface area (Å²) in [6.07, 6.45) is 5.64. The molecule has 2 heterocycles. The highest BCUT2D eigenvalue weighted by Gasteiger charge is 2.09. The molecule has 0 aliphatic carbocycles. The summed E-state index contributed by atoms with van der Waals surface area (Å²) in [6, 6.07) is 8.00. The number of nitrogens with zero attached hydrogens (tertiary/aromatic N) is 2. The zero-order chi connectivity index (χ0) is 15.9. The van der Waals surface area contributed by atoms with Crippen molar-refractivity contribution in [3.05, 3.63) is 53.6 Å². The van der Waals surface area contributed by atoms with Gasteiger partial charge in [0, 0.05) is 31.2 Å². The first-order chi connectivity index (χ1) is 10.6. The SMILES string of the molecule is Cc1cccnc1CNC(=O)NC(C)CCc1cccn1C. The first-order valence-corrected chi connectivity index (χ1v) is 7.61. The molecule has 2 aromatic rings. The number of aryl methyl sites for hydroxylation is 3. The molecule has 0 aromatic carbocycles. The quantitative estimate of drug-likeness (QED) is 0.861. The van der Waals surface area contributed by atoms with Crippen LogP contribution in [0.25, 0.3) is 0 Å². The molecule has 0 fully saturated rings. The predicted octanol–water partition coefficient (Wildman–Crippen LogP) is 2.55. The normalized spacial score (nSPS) is 12.0. The van der Waals surface area contributed by atoms with Crippen LogP contribution in [0.1, 0.15) is 30.3 Å². The minimum atomic E-state index is -0.149. The lowest BCUT2D eigenvalue weighted by atomic mass is 10.1. The van der Waals surface area contributed by atoms with Gasteiger partial charge in [-0.15, -0.1) is 0 Å². The van der Waals surface area contributed by atoms with Gasteiger partial charge in [0.1, 0.15) is 0 Å². The summed E-state index contributed by atoms with van der Waals surface area (Å²) < 4.78 is 2.11. The lowest BCUT2D eigenvalue weighted by molar-refractivity contribution is 0.236. The van der Waals surface area contributed by atoms with E-state index >= 15 is 0 Å². The Hall–Kier alpha value is -2.30. The van der Waals surface area contributed by atoms with Crippen LogP contribution in [-0.2, 0) is 20.0 Å². The number of nitrogens with one attached hydrogen (secondary N) is 2. The van der Waals surface area contributed by atoms with Crippen molar-refractivity contribution in [2.75, 3.05) is 0 Å². The molecule has 2 N–H and O–H groups in total. The van der Waals surface area contributed by atoms with Crippen molar-refractivity contribution in [3.63, 3.8) is 0 Å². The maximum atomic E-state index is 11.9. The van der Waals surface area contributed by atoms with Crippen molar-refractivity contribution in [2.24, 2.45) is 7.05 Å². The van der Waals surface area contributed by atoms with Crippen LogP contribution in [-0.4, -0.2) is 21.6 Å². The van der Waals surface area contributed by atoms with Crippen LogP contribution in [0.4, 0.5) is 4.79 Å². The van der Waals surface area contributed by atoms with Crippen LogP contribution < -0.4 is 10.6 Å². The predicted molar refractivity (Wildman–Crippen MR) is 87.5 cm³/mol. The lowest BCUT2D eigenvalue weighted by Crippen LogP contribution is -2.40. The fourth-order valence-electron chi connectivity index (χ4n) is 2.34. The van der Waals surface area contributed by atoms with Gasteiger partial charge in [0.15, 0.2) is 0 Å². The molecule has 5 nitrogen and oxygen atoms in total. The number of pyridine rings is 1. The van der Waals surface area contributed by atoms with Crippen molar-refractivity contribution in [2.45, 2.75) is 39.3 Å². The Bertz CT molecular complexity index is 621. The molecule has 2 aromatic heterocycles. The van der Waals surface area contributed by atoms with E-state index in [0.29, 0.717) is 6.54 Å². The summed E-state index contributed by atoms with van der Waals surface area (Å²) in [6.45, 7) is 4.46. The molecule has 118 valence electrons. The molecular formula is C17H24N4O. The highest BCUT2D eigenvalue weighted by molar-refractivity contribution is 5.74. The van der Waals surface area contributed by atoms with Gasteiger partial charge >= 0.3 is 6.03 Å². The number of aromatic nitrogens is 2. The lowest BCUT2D eigenvalue weighted by Gasteiger charge is -2.15. The van der Waals surface area contributed by atoms with Gasteiger partial charge in [-0.1, -0.05) is 6.07 Å². The Kier molecular flexibility index (Phi) is 5.58. The minimum Gasteiger partial charge on any atom is -0.354 e. The minimum absolute atomic E-state index is 0.125. The molecule has 0 bridgehead atoms. The third-order valence-corrected chi connectivity index (χ3v) is 3.80. The Morgan fingerprint density at radius 2 is 2.18 bits per heavy atom. The van der Waals surface area contributed by atoms with Gasteiger partial charge in [-0.3, -0.25) is 4.98 Å². The summed E-state index contributed by atoms with van der Waals surface area (Å²) in [4.78, 5) is 16.2. The average molecular weight is 300 g/mol. The highest BCUT2D eigenvalue weighted by atomic mass is 16.2. The Labute approximate surface area is 131 Å². The average Bonchev–Trinajstić information content (AvgIpc) is 2.89. The van der Waals surface area contributed by atoms with E-state index in [4.69, 9.17) is 0 Å². The van der Waals surface area contributed by atoms with E-state index in [2.05, 4.69) is 26.3 Å². The number of amides is 2. The number of rotatable bonds is 6. The number of carbonyl (C=O) groups is 1. The fraction of sp³-hybridized carbons (Fsp3) is 0.412. The summed E-state index contributed by atoms with van der Waals surface area (Å²) in [5.74, 6) is 0. The molecule has 2 rings (SSSR count). The first kappa shape index (κ1) is 16.1. The monoisotopic (exact) mass is 300 g/mol. The second-order valence-corrected chi connectivity index (χ2v) is 5.64. The van der Waals surface area contributed by atoms with Gasteiger partial charge in [0.05, 0.1) is 12.2 Å². The smallest absolute Gasteiger partial charge is 0.315 e. The van der Waals surface area contributed by atoms with Gasteiger partial charge < -0.3 is 15.2 Å². The molecule has 0 saturated heterocycles. The van der Waals surface area contributed by atoms with Crippen LogP contribution in [0.5, 0.6) is 0 Å². The largest absolute Gasteiger partial charge is 0.354 e. The molecule has 0 spiro atoms. The fourth-order valence-corrected chi connectivity index (χ4v) is 2.34. The standard InChI is InChI=1S/C17H24N4O/c1-13-6-4-10-18-16(13)12-19-17(22)20-14(2)8-9-15-7-5-11-21(15)3/h4-7,10-11,14H,8-9,12H2,1-3H3,(H2,19,20,22). The zero-order valence-corrected chi connectivity index (χ0v) is 13.5. The van der Waals surface area contributed by atoms with E-state index in [1.165, 1.54) is 5.69 Å². The van der Waals surface area contributed by atoms with E-state index in [1.54, 1.807) is 6.20 Å². The number of urea groups is 1. The maximum Gasteiger partial charge on any atom is 0.315 e. The van der Waals surface area contributed by atoms with Crippen molar-refractivity contribution in [1.82, 2.24) is 20.2 Å². The van der Waals surface area contributed by atoms with Gasteiger partial charge in [0.25, 0.3) is 0 Å². The second-order valence-electron chi connectivity index (χ2n) is 5.64. The molecule has 22 heavy (non-hydrogen) atoms. The molecule has 1 atom stereocenters. The van der Waals surface area contributed by atoms with Gasteiger partial charge in [-0.05, 0) is 50.5 Å². The summed E-state index contributed by atoms with van der Waals surface area (Å²) in [5.41, 5.74) is 3.26. The van der Waals surface area contributed by atoms with Crippen LogP contribution in [0.15, 0.2) is 36.7 Å². The molecule has 0 saturated carbocycles. The van der Waals surface area contributed by atoms with E-state index < -0.39 is 0 Å². The van der Waals surface area contributed by atoms with Crippen molar-refractivity contribution < 1.29 is 4.79 Å². The summed E-state index contributed by atoms with van der Waals surface area (Å²) in [7, 11) is 2.04. The van der Waals surface area contributed by atoms with Gasteiger partial charge in [-0.2, -0.15) is 0 Å². The number of carbonyl (C=O) groups excluding carboxylic acids is 1. The molecule has 5 heteroatoms. The Morgan fingerprint density at radius 3 is 2.86 bits per heavy atom. The summed E-state index contributed by atoms with van der Waals surface area (Å²) >= 11 is 0. The summed E-state index contributed by atoms with van der Waals surface area (Å²) in [5, 5.41) is 5.82. The third kappa shape index (κ3) is 4.62. The molecule has 2 amide bonds. The number of hydrogen-bond acceptors (Lipinski definition) is 2. The first-order valence-electron chi connectivity index (χ1n) is 7.61. The third-order valence-electron chi connectivity index (χ3n) is 3.80. The van der Waals surface area contributed by atoms with Crippen molar-refractivity contribution in [3.8, 4) is 0 Å². The van der Waals surface area contributed by atoms with E-state index in [0.717, 1.165) is 24.1 Å². The Balaban J connectivity index is 1.72. The molecule has 0 aliphatic heterocycles. The van der Waals surface area contributed by atoms with Crippen LogP contribution in [0.3, 0.4) is 0 Å². The van der Waals surface area contributed by atoms with Crippen molar-refractivity contribution in [1.29, 1.82) is 0 Å². The van der Waals surface area contributed by atoms with Gasteiger partial charge in [0.2, 0.25) is 0 Å².